The summed E-state index contributed by atoms with van der Waals surface area (Å²) >= 11 is 0. The second-order valence-electron chi connectivity index (χ2n) is 6.37. The van der Waals surface area contributed by atoms with E-state index in [1.807, 2.05) is 61.7 Å². The van der Waals surface area contributed by atoms with Crippen LogP contribution in [-0.2, 0) is 4.79 Å². The van der Waals surface area contributed by atoms with E-state index < -0.39 is 0 Å². The van der Waals surface area contributed by atoms with Crippen molar-refractivity contribution in [3.63, 3.8) is 0 Å². The topological polar surface area (TPSA) is 78.2 Å². The maximum atomic E-state index is 12.6. The first-order valence-electron chi connectivity index (χ1n) is 8.85. The normalized spacial score (nSPS) is 19.6. The Morgan fingerprint density at radius 2 is 1.96 bits per heavy atom. The number of ether oxygens (including phenoxy) is 1. The summed E-state index contributed by atoms with van der Waals surface area (Å²) in [6, 6.07) is 15.7. The van der Waals surface area contributed by atoms with E-state index in [9.17, 15) is 4.79 Å². The Morgan fingerprint density at radius 1 is 1.15 bits per heavy atom. The predicted molar refractivity (Wildman–Crippen MR) is 102 cm³/mol. The van der Waals surface area contributed by atoms with Crippen molar-refractivity contribution in [3.05, 3.63) is 60.3 Å². The Balaban J connectivity index is 1.41. The number of carbonyl (C=O) groups excluding carboxylic acids is 1. The SMILES string of the molecule is CCOc1ccc(C2CC(C(=O)Nc3c[nH]c4ccccc34)NN2)cc1. The number of aromatic nitrogens is 1. The largest absolute Gasteiger partial charge is 0.494 e. The monoisotopic (exact) mass is 350 g/mol. The zero-order valence-electron chi connectivity index (χ0n) is 14.6. The van der Waals surface area contributed by atoms with Gasteiger partial charge in [0, 0.05) is 23.1 Å². The quantitative estimate of drug-likeness (QED) is 0.570. The van der Waals surface area contributed by atoms with Gasteiger partial charge in [0.15, 0.2) is 0 Å². The molecule has 134 valence electrons. The summed E-state index contributed by atoms with van der Waals surface area (Å²) in [5, 5.41) is 4.02. The molecule has 3 aromatic rings. The summed E-state index contributed by atoms with van der Waals surface area (Å²) in [5.74, 6) is 0.812. The van der Waals surface area contributed by atoms with Crippen LogP contribution in [0.25, 0.3) is 10.9 Å². The van der Waals surface area contributed by atoms with Gasteiger partial charge in [-0.15, -0.1) is 0 Å². The van der Waals surface area contributed by atoms with Gasteiger partial charge in [-0.05, 0) is 37.1 Å². The van der Waals surface area contributed by atoms with Gasteiger partial charge in [0.05, 0.1) is 12.3 Å². The van der Waals surface area contributed by atoms with E-state index in [-0.39, 0.29) is 18.0 Å². The second kappa shape index (κ2) is 7.19. The number of hydrogen-bond donors (Lipinski definition) is 4. The zero-order chi connectivity index (χ0) is 17.9. The Hall–Kier alpha value is -2.83. The lowest BCUT2D eigenvalue weighted by Crippen LogP contribution is -2.39. The molecule has 2 unspecified atom stereocenters. The third kappa shape index (κ3) is 3.29. The smallest absolute Gasteiger partial charge is 0.242 e. The van der Waals surface area contributed by atoms with E-state index in [1.165, 1.54) is 0 Å². The summed E-state index contributed by atoms with van der Waals surface area (Å²) in [7, 11) is 0. The highest BCUT2D eigenvalue weighted by Crippen LogP contribution is 2.26. The minimum Gasteiger partial charge on any atom is -0.494 e. The van der Waals surface area contributed by atoms with Gasteiger partial charge in [-0.25, -0.2) is 10.9 Å². The van der Waals surface area contributed by atoms with E-state index in [0.29, 0.717) is 13.0 Å². The molecule has 1 fully saturated rings. The maximum Gasteiger partial charge on any atom is 0.242 e. The van der Waals surface area contributed by atoms with Crippen LogP contribution in [0.3, 0.4) is 0 Å². The molecule has 6 heteroatoms. The van der Waals surface area contributed by atoms with E-state index in [2.05, 4.69) is 21.2 Å². The lowest BCUT2D eigenvalue weighted by molar-refractivity contribution is -0.117. The molecule has 4 N–H and O–H groups in total. The molecule has 0 saturated carbocycles. The molecule has 4 rings (SSSR count). The summed E-state index contributed by atoms with van der Waals surface area (Å²) in [4.78, 5) is 15.8. The van der Waals surface area contributed by atoms with Crippen molar-refractivity contribution in [2.75, 3.05) is 11.9 Å². The number of H-pyrrole nitrogens is 1. The van der Waals surface area contributed by atoms with Gasteiger partial charge in [0.1, 0.15) is 11.8 Å². The summed E-state index contributed by atoms with van der Waals surface area (Å²) in [6.07, 6.45) is 2.51. The molecule has 0 aliphatic carbocycles. The molecule has 1 aliphatic rings. The van der Waals surface area contributed by atoms with Crippen molar-refractivity contribution in [1.29, 1.82) is 0 Å². The van der Waals surface area contributed by atoms with Crippen LogP contribution in [0.15, 0.2) is 54.7 Å². The van der Waals surface area contributed by atoms with Crippen molar-refractivity contribution in [2.24, 2.45) is 0 Å². The Kier molecular flexibility index (Phi) is 4.60. The average Bonchev–Trinajstić information content (AvgIpc) is 3.31. The standard InChI is InChI=1S/C20H22N4O2/c1-2-26-14-9-7-13(8-10-14)17-11-18(24-23-17)20(25)22-19-12-21-16-6-4-3-5-15(16)19/h3-10,12,17-18,21,23-24H,2,11H2,1H3,(H,22,25). The first-order valence-corrected chi connectivity index (χ1v) is 8.85. The van der Waals surface area contributed by atoms with Gasteiger partial charge in [-0.3, -0.25) is 4.79 Å². The minimum atomic E-state index is -0.291. The lowest BCUT2D eigenvalue weighted by Gasteiger charge is -2.11. The number of aromatic amines is 1. The van der Waals surface area contributed by atoms with Crippen LogP contribution in [0.4, 0.5) is 5.69 Å². The number of nitrogens with one attached hydrogen (secondary N) is 4. The van der Waals surface area contributed by atoms with E-state index in [1.54, 1.807) is 0 Å². The average molecular weight is 350 g/mol. The van der Waals surface area contributed by atoms with Gasteiger partial charge < -0.3 is 15.0 Å². The summed E-state index contributed by atoms with van der Waals surface area (Å²) in [5.41, 5.74) is 9.25. The number of para-hydroxylation sites is 1. The molecule has 1 saturated heterocycles. The Bertz CT molecular complexity index is 904. The van der Waals surface area contributed by atoms with Crippen molar-refractivity contribution in [3.8, 4) is 5.75 Å². The van der Waals surface area contributed by atoms with Crippen molar-refractivity contribution in [1.82, 2.24) is 15.8 Å². The molecule has 26 heavy (non-hydrogen) atoms. The highest BCUT2D eigenvalue weighted by Gasteiger charge is 2.30. The number of hydrazine groups is 1. The second-order valence-corrected chi connectivity index (χ2v) is 6.37. The number of anilines is 1. The highest BCUT2D eigenvalue weighted by atomic mass is 16.5. The number of carbonyl (C=O) groups is 1. The van der Waals surface area contributed by atoms with Crippen LogP contribution < -0.4 is 20.9 Å². The molecule has 6 nitrogen and oxygen atoms in total. The molecule has 2 heterocycles. The van der Waals surface area contributed by atoms with Crippen LogP contribution in [0.1, 0.15) is 24.9 Å². The van der Waals surface area contributed by atoms with E-state index in [0.717, 1.165) is 27.9 Å². The molecule has 1 aliphatic heterocycles. The molecule has 0 bridgehead atoms. The molecular formula is C20H22N4O2. The van der Waals surface area contributed by atoms with Crippen molar-refractivity contribution in [2.45, 2.75) is 25.4 Å². The molecule has 0 spiro atoms. The maximum absolute atomic E-state index is 12.6. The third-order valence-corrected chi connectivity index (χ3v) is 4.66. The van der Waals surface area contributed by atoms with Gasteiger partial charge in [0.25, 0.3) is 0 Å². The van der Waals surface area contributed by atoms with Gasteiger partial charge >= 0.3 is 0 Å². The number of benzene rings is 2. The highest BCUT2D eigenvalue weighted by molar-refractivity contribution is 6.03. The minimum absolute atomic E-state index is 0.0457. The number of hydrogen-bond acceptors (Lipinski definition) is 4. The van der Waals surface area contributed by atoms with Gasteiger partial charge in [-0.2, -0.15) is 0 Å². The van der Waals surface area contributed by atoms with E-state index in [4.69, 9.17) is 4.74 Å². The molecule has 0 radical (unpaired) electrons. The van der Waals surface area contributed by atoms with Crippen LogP contribution in [-0.4, -0.2) is 23.5 Å². The molecule has 1 aromatic heterocycles. The fraction of sp³-hybridized carbons (Fsp3) is 0.250. The Labute approximate surface area is 151 Å². The molecule has 2 aromatic carbocycles. The molecular weight excluding hydrogens is 328 g/mol. The Morgan fingerprint density at radius 3 is 2.77 bits per heavy atom. The number of fused-ring (bicyclic) bond motifs is 1. The lowest BCUT2D eigenvalue weighted by atomic mass is 10.0. The number of rotatable bonds is 5. The fourth-order valence-corrected chi connectivity index (χ4v) is 3.30. The first-order chi connectivity index (χ1) is 12.7. The molecule has 1 amide bonds. The van der Waals surface area contributed by atoms with Crippen molar-refractivity contribution < 1.29 is 9.53 Å². The van der Waals surface area contributed by atoms with Crippen LogP contribution >= 0.6 is 0 Å². The number of amides is 1. The van der Waals surface area contributed by atoms with Gasteiger partial charge in [0.2, 0.25) is 5.91 Å². The summed E-state index contributed by atoms with van der Waals surface area (Å²) in [6.45, 7) is 2.62. The van der Waals surface area contributed by atoms with Crippen LogP contribution in [0.2, 0.25) is 0 Å². The van der Waals surface area contributed by atoms with E-state index >= 15 is 0 Å². The molecule has 2 atom stereocenters. The predicted octanol–water partition coefficient (Wildman–Crippen LogP) is 3.11. The van der Waals surface area contributed by atoms with Crippen LogP contribution in [0, 0.1) is 0 Å². The van der Waals surface area contributed by atoms with Gasteiger partial charge in [-0.1, -0.05) is 30.3 Å². The summed E-state index contributed by atoms with van der Waals surface area (Å²) < 4.78 is 5.47. The first kappa shape index (κ1) is 16.6. The zero-order valence-corrected chi connectivity index (χ0v) is 14.6. The van der Waals surface area contributed by atoms with Crippen LogP contribution in [0.5, 0.6) is 5.75 Å². The third-order valence-electron chi connectivity index (χ3n) is 4.66. The van der Waals surface area contributed by atoms with Crippen molar-refractivity contribution >= 4 is 22.5 Å². The fourth-order valence-electron chi connectivity index (χ4n) is 3.30.